The summed E-state index contributed by atoms with van der Waals surface area (Å²) in [4.78, 5) is 48.9. The van der Waals surface area contributed by atoms with E-state index in [1.165, 1.54) is 4.90 Å². The fourth-order valence-electron chi connectivity index (χ4n) is 7.58. The zero-order valence-electron chi connectivity index (χ0n) is 25.9. The first-order valence-electron chi connectivity index (χ1n) is 16.0. The van der Waals surface area contributed by atoms with Gasteiger partial charge < -0.3 is 29.3 Å². The van der Waals surface area contributed by atoms with E-state index >= 15 is 0 Å². The Hall–Kier alpha value is -4.44. The molecule has 2 saturated heterocycles. The Morgan fingerprint density at radius 1 is 0.894 bits per heavy atom. The van der Waals surface area contributed by atoms with Crippen LogP contribution >= 0.6 is 11.6 Å². The second kappa shape index (κ2) is 12.6. The second-order valence-corrected chi connectivity index (χ2v) is 12.7. The fraction of sp³-hybridized carbons (Fsp3) is 0.324. The lowest BCUT2D eigenvalue weighted by atomic mass is 9.77. The van der Waals surface area contributed by atoms with Gasteiger partial charge in [-0.1, -0.05) is 66.2 Å². The highest BCUT2D eigenvalue weighted by atomic mass is 35.5. The summed E-state index contributed by atoms with van der Waals surface area (Å²) in [6, 6.07) is 21.9. The molecular formula is C37H36ClN3O6. The number of aliphatic hydroxyl groups is 1. The van der Waals surface area contributed by atoms with Crippen molar-refractivity contribution >= 4 is 40.7 Å². The van der Waals surface area contributed by atoms with Crippen LogP contribution in [-0.2, 0) is 25.5 Å². The molecule has 47 heavy (non-hydrogen) atoms. The molecule has 6 atom stereocenters. The molecule has 0 bridgehead atoms. The molecule has 9 nitrogen and oxygen atoms in total. The Labute approximate surface area is 278 Å². The first-order chi connectivity index (χ1) is 22.9. The highest BCUT2D eigenvalue weighted by molar-refractivity contribution is 6.30. The summed E-state index contributed by atoms with van der Waals surface area (Å²) in [7, 11) is 0. The van der Waals surface area contributed by atoms with E-state index in [1.54, 1.807) is 34.1 Å². The van der Waals surface area contributed by atoms with Gasteiger partial charge in [0.05, 0.1) is 37.2 Å². The molecule has 3 amide bonds. The van der Waals surface area contributed by atoms with Crippen molar-refractivity contribution < 1.29 is 29.0 Å². The number of rotatable bonds is 8. The number of halogens is 1. The third-order valence-corrected chi connectivity index (χ3v) is 9.86. The maximum Gasteiger partial charge on any atom is 0.253 e. The number of nitrogens with zero attached hydrogens (tertiary/aromatic N) is 3. The Morgan fingerprint density at radius 3 is 2.23 bits per heavy atom. The molecule has 0 aliphatic carbocycles. The van der Waals surface area contributed by atoms with E-state index in [2.05, 4.69) is 0 Å². The Kier molecular flexibility index (Phi) is 8.38. The van der Waals surface area contributed by atoms with Crippen LogP contribution in [0.4, 0.5) is 11.4 Å². The van der Waals surface area contributed by atoms with Crippen LogP contribution in [0.15, 0.2) is 103 Å². The topological polar surface area (TPSA) is 99.6 Å². The molecule has 0 saturated carbocycles. The van der Waals surface area contributed by atoms with E-state index in [9.17, 15) is 19.5 Å². The van der Waals surface area contributed by atoms with Crippen LogP contribution in [-0.4, -0.2) is 77.8 Å². The first kappa shape index (κ1) is 31.2. The van der Waals surface area contributed by atoms with E-state index in [0.29, 0.717) is 41.7 Å². The van der Waals surface area contributed by atoms with Crippen LogP contribution in [0.1, 0.15) is 12.5 Å². The Bertz CT molecular complexity index is 1710. The lowest BCUT2D eigenvalue weighted by Crippen LogP contribution is -2.58. The largest absolute Gasteiger partial charge is 0.494 e. The van der Waals surface area contributed by atoms with E-state index in [1.807, 2.05) is 85.8 Å². The number of likely N-dealkylation sites (tertiary alicyclic amines) is 1. The molecular weight excluding hydrogens is 618 g/mol. The number of benzene rings is 3. The highest BCUT2D eigenvalue weighted by Gasteiger charge is 2.72. The third kappa shape index (κ3) is 5.32. The first-order valence-corrected chi connectivity index (χ1v) is 16.3. The van der Waals surface area contributed by atoms with Crippen molar-refractivity contribution in [1.82, 2.24) is 4.90 Å². The lowest BCUT2D eigenvalue weighted by Gasteiger charge is -2.38. The normalized spacial score (nSPS) is 27.3. The highest BCUT2D eigenvalue weighted by Crippen LogP contribution is 2.54. The van der Waals surface area contributed by atoms with E-state index in [-0.39, 0.29) is 30.9 Å². The zero-order chi connectivity index (χ0) is 32.7. The average molecular weight is 654 g/mol. The number of anilines is 2. The number of amides is 3. The summed E-state index contributed by atoms with van der Waals surface area (Å²) in [5, 5.41) is 11.3. The smallest absolute Gasteiger partial charge is 0.253 e. The van der Waals surface area contributed by atoms with E-state index in [0.717, 1.165) is 5.56 Å². The van der Waals surface area contributed by atoms with Gasteiger partial charge in [-0.05, 0) is 67.4 Å². The Morgan fingerprint density at radius 2 is 1.55 bits per heavy atom. The molecule has 242 valence electrons. The Balaban J connectivity index is 1.31. The summed E-state index contributed by atoms with van der Waals surface area (Å²) < 4.78 is 12.4. The van der Waals surface area contributed by atoms with Crippen molar-refractivity contribution in [2.24, 2.45) is 11.8 Å². The number of ether oxygens (including phenoxy) is 2. The molecule has 10 heteroatoms. The maximum absolute atomic E-state index is 14.9. The van der Waals surface area contributed by atoms with Crippen molar-refractivity contribution in [1.29, 1.82) is 0 Å². The summed E-state index contributed by atoms with van der Waals surface area (Å²) in [5.41, 5.74) is 0.759. The monoisotopic (exact) mass is 653 g/mol. The summed E-state index contributed by atoms with van der Waals surface area (Å²) >= 11 is 6.17. The molecule has 0 aromatic heterocycles. The summed E-state index contributed by atoms with van der Waals surface area (Å²) in [6.45, 7) is 2.59. The van der Waals surface area contributed by atoms with Crippen LogP contribution in [0.25, 0.3) is 0 Å². The summed E-state index contributed by atoms with van der Waals surface area (Å²) in [5.74, 6) is -2.19. The van der Waals surface area contributed by atoms with E-state index in [4.69, 9.17) is 21.1 Å². The zero-order valence-corrected chi connectivity index (χ0v) is 26.7. The molecule has 4 aliphatic heterocycles. The minimum Gasteiger partial charge on any atom is -0.494 e. The molecule has 3 aromatic carbocycles. The van der Waals surface area contributed by atoms with Gasteiger partial charge in [-0.15, -0.1) is 0 Å². The number of carbonyl (C=O) groups is 3. The minimum atomic E-state index is -1.43. The number of carbonyl (C=O) groups excluding carboxylic acids is 3. The van der Waals surface area contributed by atoms with Crippen molar-refractivity contribution in [3.8, 4) is 5.75 Å². The molecule has 1 unspecified atom stereocenters. The van der Waals surface area contributed by atoms with Crippen LogP contribution in [0.5, 0.6) is 5.75 Å². The van der Waals surface area contributed by atoms with Gasteiger partial charge in [-0.3, -0.25) is 14.4 Å². The van der Waals surface area contributed by atoms with E-state index < -0.39 is 35.6 Å². The summed E-state index contributed by atoms with van der Waals surface area (Å²) in [6.07, 6.45) is 6.96. The number of aliphatic hydroxyl groups excluding tert-OH is 1. The fourth-order valence-corrected chi connectivity index (χ4v) is 7.71. The number of fused-ring (bicyclic) bond motifs is 2. The second-order valence-electron chi connectivity index (χ2n) is 12.2. The molecule has 4 heterocycles. The van der Waals surface area contributed by atoms with Gasteiger partial charge in [-0.2, -0.15) is 0 Å². The number of hydrogen-bond donors (Lipinski definition) is 1. The lowest BCUT2D eigenvalue weighted by molar-refractivity contribution is -0.144. The standard InChI is InChI=1S/C37H36ClN3O6/c1-2-46-29-17-15-27(16-18-29)39-20-6-10-30-31(34(39)43)32-35(44)41(28(23-42)22-24-8-4-3-5-9-24)33-36(45)40(21-7-19-37(32,33)47-30)26-13-11-25(38)12-14-26/h3-19,28,30-33,42H,2,20-23H2,1H3/t28-,30-,31+,32+,33?,37+/m1/s1. The van der Waals surface area contributed by atoms with Crippen LogP contribution < -0.4 is 14.5 Å². The van der Waals surface area contributed by atoms with Crippen LogP contribution in [0.2, 0.25) is 5.02 Å². The molecule has 4 aliphatic rings. The van der Waals surface area contributed by atoms with Gasteiger partial charge in [0.25, 0.3) is 5.91 Å². The maximum atomic E-state index is 14.9. The molecule has 0 radical (unpaired) electrons. The SMILES string of the molecule is CCOc1ccc(N2CC=C[C@H]3O[C@]45C=CCN(c6ccc(Cl)cc6)C(=O)C4N([C@@H](CO)Cc4ccccc4)C(=O)[C@@H]5[C@H]3C2=O)cc1. The minimum absolute atomic E-state index is 0.233. The molecule has 1 N–H and O–H groups in total. The van der Waals surface area contributed by atoms with Crippen molar-refractivity contribution in [2.45, 2.75) is 37.1 Å². The predicted molar refractivity (Wildman–Crippen MR) is 178 cm³/mol. The quantitative estimate of drug-likeness (QED) is 0.361. The van der Waals surface area contributed by atoms with Gasteiger partial charge >= 0.3 is 0 Å². The average Bonchev–Trinajstić information content (AvgIpc) is 3.40. The van der Waals surface area contributed by atoms with Gasteiger partial charge in [0.2, 0.25) is 11.8 Å². The van der Waals surface area contributed by atoms with Crippen molar-refractivity contribution in [3.05, 3.63) is 114 Å². The molecule has 3 aromatic rings. The molecule has 1 spiro atoms. The van der Waals surface area contributed by atoms with Gasteiger partial charge in [0, 0.05) is 29.5 Å². The predicted octanol–water partition coefficient (Wildman–Crippen LogP) is 4.43. The van der Waals surface area contributed by atoms with Gasteiger partial charge in [0.15, 0.2) is 0 Å². The number of hydrogen-bond acceptors (Lipinski definition) is 6. The van der Waals surface area contributed by atoms with Crippen molar-refractivity contribution in [3.63, 3.8) is 0 Å². The molecule has 2 fully saturated rings. The van der Waals surface area contributed by atoms with Gasteiger partial charge in [0.1, 0.15) is 17.4 Å². The van der Waals surface area contributed by atoms with Crippen LogP contribution in [0, 0.1) is 11.8 Å². The van der Waals surface area contributed by atoms with Gasteiger partial charge in [-0.25, -0.2) is 0 Å². The van der Waals surface area contributed by atoms with Crippen molar-refractivity contribution in [2.75, 3.05) is 36.1 Å². The molecule has 7 rings (SSSR count). The third-order valence-electron chi connectivity index (χ3n) is 9.61. The van der Waals surface area contributed by atoms with Crippen LogP contribution in [0.3, 0.4) is 0 Å².